The predicted octanol–water partition coefficient (Wildman–Crippen LogP) is 1.79. The minimum Gasteiger partial charge on any atom is -0.397 e. The molecule has 1 heterocycles. The van der Waals surface area contributed by atoms with Crippen LogP contribution in [-0.4, -0.2) is 29.0 Å². The molecule has 0 bridgehead atoms. The van der Waals surface area contributed by atoms with E-state index in [9.17, 15) is 4.79 Å². The largest absolute Gasteiger partial charge is 0.397 e. The topological polar surface area (TPSA) is 95.8 Å². The van der Waals surface area contributed by atoms with Crippen LogP contribution in [0.1, 0.15) is 29.5 Å². The van der Waals surface area contributed by atoms with Crippen LogP contribution in [0.2, 0.25) is 0 Å². The maximum Gasteiger partial charge on any atom is 0.251 e. The highest BCUT2D eigenvalue weighted by Crippen LogP contribution is 2.19. The molecular weight excluding hydrogens is 266 g/mol. The highest BCUT2D eigenvalue weighted by molar-refractivity contribution is 5.96. The highest BCUT2D eigenvalue weighted by atomic mass is 16.1. The molecule has 1 amide bonds. The second-order valence-electron chi connectivity index (χ2n) is 4.73. The Morgan fingerprint density at radius 1 is 1.43 bits per heavy atom. The SMILES string of the molecule is CCNC(=O)c1ccc(NCCCc2ncc[nH]2)c(N)c1. The van der Waals surface area contributed by atoms with Crippen molar-refractivity contribution >= 4 is 17.3 Å². The lowest BCUT2D eigenvalue weighted by atomic mass is 10.1. The summed E-state index contributed by atoms with van der Waals surface area (Å²) in [6.07, 6.45) is 5.41. The lowest BCUT2D eigenvalue weighted by molar-refractivity contribution is 0.0956. The zero-order valence-corrected chi connectivity index (χ0v) is 12.1. The molecule has 0 unspecified atom stereocenters. The van der Waals surface area contributed by atoms with Crippen LogP contribution in [0.15, 0.2) is 30.6 Å². The van der Waals surface area contributed by atoms with Gasteiger partial charge in [0, 0.05) is 37.5 Å². The Hall–Kier alpha value is -2.50. The molecule has 6 nitrogen and oxygen atoms in total. The van der Waals surface area contributed by atoms with E-state index in [1.54, 1.807) is 18.3 Å². The number of nitrogen functional groups attached to an aromatic ring is 1. The van der Waals surface area contributed by atoms with Crippen molar-refractivity contribution in [1.29, 1.82) is 0 Å². The third-order valence-corrected chi connectivity index (χ3v) is 3.11. The van der Waals surface area contributed by atoms with Gasteiger partial charge in [-0.15, -0.1) is 0 Å². The van der Waals surface area contributed by atoms with Gasteiger partial charge in [-0.2, -0.15) is 0 Å². The second-order valence-corrected chi connectivity index (χ2v) is 4.73. The van der Waals surface area contributed by atoms with Crippen molar-refractivity contribution < 1.29 is 4.79 Å². The summed E-state index contributed by atoms with van der Waals surface area (Å²) in [5.41, 5.74) is 7.98. The first-order chi connectivity index (χ1) is 10.2. The van der Waals surface area contributed by atoms with Gasteiger partial charge >= 0.3 is 0 Å². The van der Waals surface area contributed by atoms with E-state index in [4.69, 9.17) is 5.73 Å². The summed E-state index contributed by atoms with van der Waals surface area (Å²) in [6, 6.07) is 5.31. The zero-order chi connectivity index (χ0) is 15.1. The fourth-order valence-electron chi connectivity index (χ4n) is 2.04. The molecule has 0 saturated heterocycles. The van der Waals surface area contributed by atoms with E-state index >= 15 is 0 Å². The van der Waals surface area contributed by atoms with E-state index in [1.807, 2.05) is 19.2 Å². The van der Waals surface area contributed by atoms with Crippen LogP contribution in [0, 0.1) is 0 Å². The van der Waals surface area contributed by atoms with Gasteiger partial charge in [-0.25, -0.2) is 4.98 Å². The Bertz CT molecular complexity index is 580. The predicted molar refractivity (Wildman–Crippen MR) is 84.3 cm³/mol. The van der Waals surface area contributed by atoms with Gasteiger partial charge in [-0.05, 0) is 31.5 Å². The lowest BCUT2D eigenvalue weighted by Crippen LogP contribution is -2.22. The first-order valence-electron chi connectivity index (χ1n) is 7.10. The normalized spacial score (nSPS) is 10.3. The smallest absolute Gasteiger partial charge is 0.251 e. The number of rotatable bonds is 7. The van der Waals surface area contributed by atoms with Gasteiger partial charge in [-0.3, -0.25) is 4.79 Å². The number of imidazole rings is 1. The van der Waals surface area contributed by atoms with E-state index in [1.165, 1.54) is 0 Å². The average Bonchev–Trinajstić information content (AvgIpc) is 2.98. The van der Waals surface area contributed by atoms with E-state index < -0.39 is 0 Å². The molecule has 0 aliphatic heterocycles. The monoisotopic (exact) mass is 287 g/mol. The van der Waals surface area contributed by atoms with E-state index in [0.717, 1.165) is 30.9 Å². The Morgan fingerprint density at radius 2 is 2.29 bits per heavy atom. The zero-order valence-electron chi connectivity index (χ0n) is 12.1. The molecule has 0 atom stereocenters. The quantitative estimate of drug-likeness (QED) is 0.461. The van der Waals surface area contributed by atoms with Gasteiger partial charge in [-0.1, -0.05) is 0 Å². The van der Waals surface area contributed by atoms with Crippen molar-refractivity contribution in [2.45, 2.75) is 19.8 Å². The number of anilines is 2. The van der Waals surface area contributed by atoms with Crippen LogP contribution in [0.3, 0.4) is 0 Å². The number of nitrogens with one attached hydrogen (secondary N) is 3. The molecule has 0 saturated carbocycles. The van der Waals surface area contributed by atoms with E-state index in [0.29, 0.717) is 17.8 Å². The van der Waals surface area contributed by atoms with Crippen LogP contribution >= 0.6 is 0 Å². The fourth-order valence-corrected chi connectivity index (χ4v) is 2.04. The van der Waals surface area contributed by atoms with Gasteiger partial charge in [0.05, 0.1) is 11.4 Å². The average molecular weight is 287 g/mol. The van der Waals surface area contributed by atoms with Gasteiger partial charge in [0.1, 0.15) is 5.82 Å². The van der Waals surface area contributed by atoms with Gasteiger partial charge < -0.3 is 21.4 Å². The third kappa shape index (κ3) is 4.24. The van der Waals surface area contributed by atoms with Crippen molar-refractivity contribution in [3.8, 4) is 0 Å². The second kappa shape index (κ2) is 7.33. The number of nitrogens with two attached hydrogens (primary N) is 1. The molecule has 2 rings (SSSR count). The molecule has 0 radical (unpaired) electrons. The van der Waals surface area contributed by atoms with Crippen molar-refractivity contribution in [2.75, 3.05) is 24.1 Å². The van der Waals surface area contributed by atoms with Crippen LogP contribution in [0.4, 0.5) is 11.4 Å². The number of aromatic nitrogens is 2. The maximum atomic E-state index is 11.7. The number of hydrogen-bond donors (Lipinski definition) is 4. The summed E-state index contributed by atoms with van der Waals surface area (Å²) in [7, 11) is 0. The van der Waals surface area contributed by atoms with Crippen molar-refractivity contribution in [3.05, 3.63) is 42.0 Å². The molecule has 0 spiro atoms. The summed E-state index contributed by atoms with van der Waals surface area (Å²) in [5, 5.41) is 6.03. The molecule has 112 valence electrons. The van der Waals surface area contributed by atoms with Crippen LogP contribution in [0.25, 0.3) is 0 Å². The molecule has 1 aromatic carbocycles. The Labute approximate surface area is 124 Å². The van der Waals surface area contributed by atoms with Crippen molar-refractivity contribution in [2.24, 2.45) is 0 Å². The Kier molecular flexibility index (Phi) is 5.20. The number of carbonyl (C=O) groups is 1. The molecule has 0 aliphatic carbocycles. The lowest BCUT2D eigenvalue weighted by Gasteiger charge is -2.10. The highest BCUT2D eigenvalue weighted by Gasteiger charge is 2.07. The number of amides is 1. The maximum absolute atomic E-state index is 11.7. The molecule has 6 heteroatoms. The van der Waals surface area contributed by atoms with E-state index in [2.05, 4.69) is 20.6 Å². The number of aryl methyl sites for hydroxylation is 1. The Morgan fingerprint density at radius 3 is 2.95 bits per heavy atom. The number of aromatic amines is 1. The standard InChI is InChI=1S/C15H21N5O/c1-2-17-15(21)11-5-6-13(12(16)10-11)18-7-3-4-14-19-8-9-20-14/h5-6,8-10,18H,2-4,7,16H2,1H3,(H,17,21)(H,19,20). The number of benzene rings is 1. The number of hydrogen-bond acceptors (Lipinski definition) is 4. The number of H-pyrrole nitrogens is 1. The third-order valence-electron chi connectivity index (χ3n) is 3.11. The Balaban J connectivity index is 1.84. The molecular formula is C15H21N5O. The molecule has 0 aliphatic rings. The van der Waals surface area contributed by atoms with Crippen LogP contribution < -0.4 is 16.4 Å². The number of carbonyl (C=O) groups excluding carboxylic acids is 1. The summed E-state index contributed by atoms with van der Waals surface area (Å²) in [4.78, 5) is 18.9. The van der Waals surface area contributed by atoms with Crippen molar-refractivity contribution in [3.63, 3.8) is 0 Å². The van der Waals surface area contributed by atoms with Gasteiger partial charge in [0.2, 0.25) is 0 Å². The first-order valence-corrected chi connectivity index (χ1v) is 7.10. The molecule has 2 aromatic rings. The number of nitrogens with zero attached hydrogens (tertiary/aromatic N) is 1. The van der Waals surface area contributed by atoms with Crippen molar-refractivity contribution in [1.82, 2.24) is 15.3 Å². The van der Waals surface area contributed by atoms with Crippen LogP contribution in [-0.2, 0) is 6.42 Å². The molecule has 21 heavy (non-hydrogen) atoms. The molecule has 1 aromatic heterocycles. The molecule has 0 fully saturated rings. The van der Waals surface area contributed by atoms with E-state index in [-0.39, 0.29) is 5.91 Å². The summed E-state index contributed by atoms with van der Waals surface area (Å²) in [6.45, 7) is 3.28. The summed E-state index contributed by atoms with van der Waals surface area (Å²) < 4.78 is 0. The molecule has 5 N–H and O–H groups in total. The summed E-state index contributed by atoms with van der Waals surface area (Å²) in [5.74, 6) is 0.880. The fraction of sp³-hybridized carbons (Fsp3) is 0.333. The first kappa shape index (κ1) is 14.9. The minimum absolute atomic E-state index is 0.103. The van der Waals surface area contributed by atoms with Gasteiger partial charge in [0.25, 0.3) is 5.91 Å². The van der Waals surface area contributed by atoms with Gasteiger partial charge in [0.15, 0.2) is 0 Å². The van der Waals surface area contributed by atoms with Crippen LogP contribution in [0.5, 0.6) is 0 Å². The minimum atomic E-state index is -0.103. The summed E-state index contributed by atoms with van der Waals surface area (Å²) >= 11 is 0.